The van der Waals surface area contributed by atoms with E-state index in [0.29, 0.717) is 5.02 Å². The summed E-state index contributed by atoms with van der Waals surface area (Å²) in [4.78, 5) is 24.1. The molecular weight excluding hydrogens is 291 g/mol. The van der Waals surface area contributed by atoms with Gasteiger partial charge in [0, 0.05) is 6.42 Å². The molecule has 4 nitrogen and oxygen atoms in total. The number of carbonyl (C=O) groups excluding carboxylic acids is 2. The SMILES string of the molecule is CCOC(=O)C1CCOc2c(ccc(Cl)c2Cl)C1=O. The van der Waals surface area contributed by atoms with Crippen LogP contribution < -0.4 is 4.74 Å². The van der Waals surface area contributed by atoms with Gasteiger partial charge in [0.05, 0.1) is 23.8 Å². The zero-order chi connectivity index (χ0) is 14.0. The van der Waals surface area contributed by atoms with Crippen molar-refractivity contribution in [1.29, 1.82) is 0 Å². The Bertz CT molecular complexity index is 528. The third kappa shape index (κ3) is 2.69. The zero-order valence-corrected chi connectivity index (χ0v) is 11.8. The van der Waals surface area contributed by atoms with Crippen LogP contribution in [0, 0.1) is 5.92 Å². The highest BCUT2D eigenvalue weighted by atomic mass is 35.5. The van der Waals surface area contributed by atoms with Gasteiger partial charge in [0.2, 0.25) is 0 Å². The normalized spacial score (nSPS) is 18.3. The molecule has 1 heterocycles. The van der Waals surface area contributed by atoms with E-state index in [1.165, 1.54) is 12.1 Å². The molecule has 1 atom stereocenters. The molecule has 6 heteroatoms. The third-order valence-corrected chi connectivity index (χ3v) is 3.64. The Hall–Kier alpha value is -1.26. The Morgan fingerprint density at radius 2 is 2.21 bits per heavy atom. The number of carbonyl (C=O) groups is 2. The highest BCUT2D eigenvalue weighted by molar-refractivity contribution is 6.43. The number of hydrogen-bond acceptors (Lipinski definition) is 4. The molecule has 1 aromatic carbocycles. The number of ether oxygens (including phenoxy) is 2. The van der Waals surface area contributed by atoms with Crippen molar-refractivity contribution in [2.24, 2.45) is 5.92 Å². The average Bonchev–Trinajstić information content (AvgIpc) is 2.54. The van der Waals surface area contributed by atoms with Gasteiger partial charge in [0.15, 0.2) is 5.78 Å². The Balaban J connectivity index is 2.40. The molecule has 0 spiro atoms. The standard InChI is InChI=1S/C13H12Cl2O4/c1-2-18-13(17)8-5-6-19-12-7(11(8)16)3-4-9(14)10(12)15/h3-4,8H,2,5-6H2,1H3. The summed E-state index contributed by atoms with van der Waals surface area (Å²) in [5.74, 6) is -1.48. The summed E-state index contributed by atoms with van der Waals surface area (Å²) in [6.07, 6.45) is 0.264. The number of fused-ring (bicyclic) bond motifs is 1. The second-order valence-corrected chi connectivity index (χ2v) is 4.83. The van der Waals surface area contributed by atoms with Gasteiger partial charge in [-0.05, 0) is 19.1 Å². The summed E-state index contributed by atoms with van der Waals surface area (Å²) in [5.41, 5.74) is 0.268. The molecule has 0 radical (unpaired) electrons. The summed E-state index contributed by atoms with van der Waals surface area (Å²) in [6, 6.07) is 3.03. The highest BCUT2D eigenvalue weighted by Crippen LogP contribution is 2.38. The lowest BCUT2D eigenvalue weighted by atomic mass is 9.95. The van der Waals surface area contributed by atoms with E-state index in [0.717, 1.165) is 0 Å². The minimum Gasteiger partial charge on any atom is -0.491 e. The van der Waals surface area contributed by atoms with Gasteiger partial charge in [-0.2, -0.15) is 0 Å². The van der Waals surface area contributed by atoms with Crippen LogP contribution in [0.2, 0.25) is 10.0 Å². The van der Waals surface area contributed by atoms with Crippen LogP contribution in [-0.2, 0) is 9.53 Å². The fraction of sp³-hybridized carbons (Fsp3) is 0.385. The molecule has 102 valence electrons. The molecule has 0 aliphatic carbocycles. The van der Waals surface area contributed by atoms with Crippen molar-refractivity contribution >= 4 is 35.0 Å². The molecule has 1 aliphatic heterocycles. The van der Waals surface area contributed by atoms with Gasteiger partial charge in [-0.3, -0.25) is 9.59 Å². The van der Waals surface area contributed by atoms with E-state index in [1.807, 2.05) is 0 Å². The number of Topliss-reactive ketones (excluding diaryl/α,β-unsaturated/α-hetero) is 1. The van der Waals surface area contributed by atoms with Crippen LogP contribution >= 0.6 is 23.2 Å². The summed E-state index contributed by atoms with van der Waals surface area (Å²) < 4.78 is 10.3. The van der Waals surface area contributed by atoms with Crippen LogP contribution in [-0.4, -0.2) is 25.0 Å². The predicted molar refractivity (Wildman–Crippen MR) is 71.0 cm³/mol. The molecular formula is C13H12Cl2O4. The number of hydrogen-bond donors (Lipinski definition) is 0. The number of rotatable bonds is 2. The first-order valence-electron chi connectivity index (χ1n) is 5.88. The second kappa shape index (κ2) is 5.80. The lowest BCUT2D eigenvalue weighted by Crippen LogP contribution is -2.26. The van der Waals surface area contributed by atoms with E-state index in [4.69, 9.17) is 32.7 Å². The highest BCUT2D eigenvalue weighted by Gasteiger charge is 2.34. The van der Waals surface area contributed by atoms with Crippen molar-refractivity contribution in [2.45, 2.75) is 13.3 Å². The van der Waals surface area contributed by atoms with Gasteiger partial charge in [0.25, 0.3) is 0 Å². The topological polar surface area (TPSA) is 52.6 Å². The Labute approximate surface area is 120 Å². The van der Waals surface area contributed by atoms with Gasteiger partial charge in [-0.1, -0.05) is 23.2 Å². The van der Waals surface area contributed by atoms with Crippen LogP contribution in [0.25, 0.3) is 0 Å². The van der Waals surface area contributed by atoms with E-state index in [2.05, 4.69) is 0 Å². The molecule has 0 N–H and O–H groups in total. The van der Waals surface area contributed by atoms with Crippen LogP contribution in [0.15, 0.2) is 12.1 Å². The second-order valence-electron chi connectivity index (χ2n) is 4.04. The molecule has 1 aliphatic rings. The lowest BCUT2D eigenvalue weighted by Gasteiger charge is -2.11. The summed E-state index contributed by atoms with van der Waals surface area (Å²) in [6.45, 7) is 2.14. The fourth-order valence-corrected chi connectivity index (χ4v) is 2.30. The molecule has 0 saturated heterocycles. The Kier molecular flexibility index (Phi) is 4.32. The molecule has 2 rings (SSSR count). The maximum absolute atomic E-state index is 12.3. The largest absolute Gasteiger partial charge is 0.491 e. The van der Waals surface area contributed by atoms with Crippen molar-refractivity contribution in [1.82, 2.24) is 0 Å². The van der Waals surface area contributed by atoms with Crippen molar-refractivity contribution < 1.29 is 19.1 Å². The smallest absolute Gasteiger partial charge is 0.316 e. The summed E-state index contributed by atoms with van der Waals surface area (Å²) >= 11 is 11.9. The lowest BCUT2D eigenvalue weighted by molar-refractivity contribution is -0.146. The van der Waals surface area contributed by atoms with Crippen molar-refractivity contribution in [3.8, 4) is 5.75 Å². The first-order valence-corrected chi connectivity index (χ1v) is 6.63. The van der Waals surface area contributed by atoms with Crippen LogP contribution in [0.1, 0.15) is 23.7 Å². The van der Waals surface area contributed by atoms with E-state index < -0.39 is 11.9 Å². The van der Waals surface area contributed by atoms with E-state index >= 15 is 0 Å². The number of ketones is 1. The summed E-state index contributed by atoms with van der Waals surface area (Å²) in [5, 5.41) is 0.500. The molecule has 1 aromatic rings. The minimum atomic E-state index is -0.849. The van der Waals surface area contributed by atoms with Gasteiger partial charge in [0.1, 0.15) is 16.7 Å². The van der Waals surface area contributed by atoms with Crippen LogP contribution in [0.5, 0.6) is 5.75 Å². The molecule has 0 amide bonds. The van der Waals surface area contributed by atoms with E-state index in [-0.39, 0.29) is 41.8 Å². The Morgan fingerprint density at radius 3 is 2.89 bits per heavy atom. The van der Waals surface area contributed by atoms with E-state index in [1.54, 1.807) is 6.92 Å². The van der Waals surface area contributed by atoms with Crippen molar-refractivity contribution in [2.75, 3.05) is 13.2 Å². The van der Waals surface area contributed by atoms with Gasteiger partial charge >= 0.3 is 5.97 Å². The van der Waals surface area contributed by atoms with Gasteiger partial charge in [-0.15, -0.1) is 0 Å². The van der Waals surface area contributed by atoms with E-state index in [9.17, 15) is 9.59 Å². The van der Waals surface area contributed by atoms with Gasteiger partial charge < -0.3 is 9.47 Å². The van der Waals surface area contributed by atoms with Crippen molar-refractivity contribution in [3.05, 3.63) is 27.7 Å². The van der Waals surface area contributed by atoms with Crippen LogP contribution in [0.4, 0.5) is 0 Å². The minimum absolute atomic E-state index is 0.192. The number of esters is 1. The fourth-order valence-electron chi connectivity index (χ4n) is 1.93. The quantitative estimate of drug-likeness (QED) is 0.622. The predicted octanol–water partition coefficient (Wildman–Crippen LogP) is 3.14. The van der Waals surface area contributed by atoms with Crippen LogP contribution in [0.3, 0.4) is 0 Å². The maximum Gasteiger partial charge on any atom is 0.316 e. The molecule has 19 heavy (non-hydrogen) atoms. The zero-order valence-electron chi connectivity index (χ0n) is 10.2. The number of halogens is 2. The van der Waals surface area contributed by atoms with Crippen molar-refractivity contribution in [3.63, 3.8) is 0 Å². The summed E-state index contributed by atoms with van der Waals surface area (Å²) in [7, 11) is 0. The number of benzene rings is 1. The monoisotopic (exact) mass is 302 g/mol. The Morgan fingerprint density at radius 1 is 1.47 bits per heavy atom. The molecule has 0 saturated carbocycles. The third-order valence-electron chi connectivity index (χ3n) is 2.86. The molecule has 0 aromatic heterocycles. The molecule has 1 unspecified atom stereocenters. The first kappa shape index (κ1) is 14.2. The van der Waals surface area contributed by atoms with Gasteiger partial charge in [-0.25, -0.2) is 0 Å². The maximum atomic E-state index is 12.3. The average molecular weight is 303 g/mol. The molecule has 0 fully saturated rings. The first-order chi connectivity index (χ1) is 9.06. The molecule has 0 bridgehead atoms.